The molecule has 1 aliphatic rings. The lowest BCUT2D eigenvalue weighted by molar-refractivity contribution is 0.269. The van der Waals surface area contributed by atoms with Crippen LogP contribution in [0.4, 0.5) is 0 Å². The Morgan fingerprint density at radius 3 is 2.60 bits per heavy atom. The number of halogens is 1. The number of alkyl halides is 1. The first-order valence-electron chi connectivity index (χ1n) is 7.14. The molecule has 2 aromatic rings. The van der Waals surface area contributed by atoms with Crippen LogP contribution in [0.2, 0.25) is 0 Å². The van der Waals surface area contributed by atoms with Crippen molar-refractivity contribution in [1.29, 1.82) is 0 Å². The summed E-state index contributed by atoms with van der Waals surface area (Å²) in [5.74, 6) is 0.488. The van der Waals surface area contributed by atoms with Crippen molar-refractivity contribution in [3.05, 3.63) is 40.9 Å². The topological polar surface area (TPSA) is 16.1 Å². The van der Waals surface area contributed by atoms with Crippen LogP contribution < -0.4 is 0 Å². The normalized spacial score (nSPS) is 14.9. The van der Waals surface area contributed by atoms with Crippen LogP contribution in [-0.4, -0.2) is 22.5 Å². The number of nitrogens with zero attached hydrogens (tertiary/aromatic N) is 2. The molecule has 0 atom stereocenters. The molecule has 0 N–H and O–H groups in total. The highest BCUT2D eigenvalue weighted by Crippen LogP contribution is 2.29. The lowest BCUT2D eigenvalue weighted by Crippen LogP contribution is -2.24. The van der Waals surface area contributed by atoms with Crippen molar-refractivity contribution in [2.24, 2.45) is 0 Å². The Morgan fingerprint density at radius 2 is 2.05 bits per heavy atom. The second-order valence-corrected chi connectivity index (χ2v) is 6.39. The molecule has 0 radical (unpaired) electrons. The minimum Gasteiger partial charge on any atom is -0.296 e. The van der Waals surface area contributed by atoms with Gasteiger partial charge in [0.25, 0.3) is 0 Å². The number of hydrogen-bond acceptors (Lipinski definition) is 3. The smallest absolute Gasteiger partial charge is 0.123 e. The Hall–Kier alpha value is -0.900. The lowest BCUT2D eigenvalue weighted by Gasteiger charge is -2.19. The van der Waals surface area contributed by atoms with E-state index in [4.69, 9.17) is 11.6 Å². The fourth-order valence-corrected chi connectivity index (χ4v) is 3.48. The van der Waals surface area contributed by atoms with Gasteiger partial charge in [-0.1, -0.05) is 31.2 Å². The van der Waals surface area contributed by atoms with Gasteiger partial charge in [-0.25, -0.2) is 4.98 Å². The summed E-state index contributed by atoms with van der Waals surface area (Å²) in [6.07, 6.45) is 2.73. The Balaban J connectivity index is 1.70. The van der Waals surface area contributed by atoms with Gasteiger partial charge in [0, 0.05) is 23.5 Å². The van der Waals surface area contributed by atoms with Crippen molar-refractivity contribution >= 4 is 22.9 Å². The number of rotatable bonds is 6. The molecule has 1 heterocycles. The Morgan fingerprint density at radius 1 is 1.30 bits per heavy atom. The zero-order valence-corrected chi connectivity index (χ0v) is 13.3. The monoisotopic (exact) mass is 306 g/mol. The van der Waals surface area contributed by atoms with E-state index >= 15 is 0 Å². The number of benzene rings is 1. The minimum atomic E-state index is 0.488. The van der Waals surface area contributed by atoms with Crippen LogP contribution in [0, 0.1) is 0 Å². The third-order valence-electron chi connectivity index (χ3n) is 3.74. The molecule has 1 fully saturated rings. The zero-order chi connectivity index (χ0) is 13.9. The summed E-state index contributed by atoms with van der Waals surface area (Å²) in [6, 6.07) is 9.62. The highest BCUT2D eigenvalue weighted by atomic mass is 35.5. The molecular formula is C16H19ClN2S. The fraction of sp³-hybridized carbons (Fsp3) is 0.438. The highest BCUT2D eigenvalue weighted by Gasteiger charge is 2.27. The number of hydrogen-bond donors (Lipinski definition) is 0. The van der Waals surface area contributed by atoms with Crippen LogP contribution in [0.3, 0.4) is 0 Å². The van der Waals surface area contributed by atoms with Crippen LogP contribution in [0.15, 0.2) is 29.6 Å². The van der Waals surface area contributed by atoms with Gasteiger partial charge in [-0.3, -0.25) is 4.90 Å². The number of aromatic nitrogens is 1. The van der Waals surface area contributed by atoms with Crippen molar-refractivity contribution < 1.29 is 0 Å². The quantitative estimate of drug-likeness (QED) is 0.729. The van der Waals surface area contributed by atoms with Gasteiger partial charge in [0.2, 0.25) is 0 Å². The molecular weight excluding hydrogens is 288 g/mol. The van der Waals surface area contributed by atoms with Crippen LogP contribution in [0.25, 0.3) is 10.6 Å². The van der Waals surface area contributed by atoms with E-state index in [1.807, 2.05) is 5.38 Å². The van der Waals surface area contributed by atoms with Gasteiger partial charge < -0.3 is 0 Å². The molecule has 0 saturated heterocycles. The van der Waals surface area contributed by atoms with Crippen LogP contribution in [0.1, 0.15) is 31.0 Å². The summed E-state index contributed by atoms with van der Waals surface area (Å²) in [7, 11) is 0. The molecule has 106 valence electrons. The largest absolute Gasteiger partial charge is 0.296 e. The number of thiazole rings is 1. The Labute approximate surface area is 129 Å². The van der Waals surface area contributed by atoms with Crippen LogP contribution in [-0.2, 0) is 12.4 Å². The van der Waals surface area contributed by atoms with Crippen molar-refractivity contribution in [3.8, 4) is 10.6 Å². The molecule has 0 amide bonds. The van der Waals surface area contributed by atoms with Gasteiger partial charge >= 0.3 is 0 Å². The molecule has 0 aliphatic heterocycles. The maximum absolute atomic E-state index is 5.80. The SMILES string of the molecule is CCN(Cc1ccc(-c2nc(CCl)cs2)cc1)C1CC1. The molecule has 1 aromatic carbocycles. The minimum absolute atomic E-state index is 0.488. The second kappa shape index (κ2) is 6.25. The molecule has 4 heteroatoms. The highest BCUT2D eigenvalue weighted by molar-refractivity contribution is 7.13. The third-order valence-corrected chi connectivity index (χ3v) is 4.96. The predicted octanol–water partition coefficient (Wildman–Crippen LogP) is 4.53. The van der Waals surface area contributed by atoms with Crippen molar-refractivity contribution in [2.45, 2.75) is 38.2 Å². The zero-order valence-electron chi connectivity index (χ0n) is 11.7. The van der Waals surface area contributed by atoms with E-state index in [0.717, 1.165) is 29.8 Å². The maximum Gasteiger partial charge on any atom is 0.123 e. The van der Waals surface area contributed by atoms with E-state index in [2.05, 4.69) is 41.1 Å². The first-order valence-corrected chi connectivity index (χ1v) is 8.55. The standard InChI is InChI=1S/C16H19ClN2S/c1-2-19(15-7-8-15)10-12-3-5-13(6-4-12)16-18-14(9-17)11-20-16/h3-6,11,15H,2,7-10H2,1H3. The van der Waals surface area contributed by atoms with E-state index in [0.29, 0.717) is 5.88 Å². The maximum atomic E-state index is 5.80. The van der Waals surface area contributed by atoms with Crippen molar-refractivity contribution in [2.75, 3.05) is 6.54 Å². The van der Waals surface area contributed by atoms with Gasteiger partial charge in [0.05, 0.1) is 11.6 Å². The summed E-state index contributed by atoms with van der Waals surface area (Å²) < 4.78 is 0. The van der Waals surface area contributed by atoms with E-state index in [1.165, 1.54) is 24.0 Å². The molecule has 0 bridgehead atoms. The van der Waals surface area contributed by atoms with Gasteiger partial charge in [-0.05, 0) is 24.9 Å². The molecule has 2 nitrogen and oxygen atoms in total. The molecule has 3 rings (SSSR count). The summed E-state index contributed by atoms with van der Waals surface area (Å²) in [4.78, 5) is 7.08. The Kier molecular flexibility index (Phi) is 4.39. The van der Waals surface area contributed by atoms with E-state index in [-0.39, 0.29) is 0 Å². The van der Waals surface area contributed by atoms with Gasteiger partial charge in [-0.2, -0.15) is 0 Å². The third kappa shape index (κ3) is 3.22. The molecule has 0 spiro atoms. The van der Waals surface area contributed by atoms with Gasteiger partial charge in [0.1, 0.15) is 5.01 Å². The molecule has 1 saturated carbocycles. The lowest BCUT2D eigenvalue weighted by atomic mass is 10.1. The molecule has 20 heavy (non-hydrogen) atoms. The van der Waals surface area contributed by atoms with Crippen molar-refractivity contribution in [1.82, 2.24) is 9.88 Å². The summed E-state index contributed by atoms with van der Waals surface area (Å²) in [5.41, 5.74) is 3.53. The summed E-state index contributed by atoms with van der Waals surface area (Å²) in [5, 5.41) is 3.09. The fourth-order valence-electron chi connectivity index (χ4n) is 2.43. The second-order valence-electron chi connectivity index (χ2n) is 5.27. The van der Waals surface area contributed by atoms with Crippen molar-refractivity contribution in [3.63, 3.8) is 0 Å². The Bertz CT molecular complexity index is 560. The first-order chi connectivity index (χ1) is 9.80. The van der Waals surface area contributed by atoms with Gasteiger partial charge in [-0.15, -0.1) is 22.9 Å². The predicted molar refractivity (Wildman–Crippen MR) is 86.2 cm³/mol. The molecule has 1 aliphatic carbocycles. The summed E-state index contributed by atoms with van der Waals surface area (Å²) in [6.45, 7) is 4.44. The average molecular weight is 307 g/mol. The van der Waals surface area contributed by atoms with E-state index in [1.54, 1.807) is 11.3 Å². The molecule has 0 unspecified atom stereocenters. The molecule has 1 aromatic heterocycles. The van der Waals surface area contributed by atoms with Gasteiger partial charge in [0.15, 0.2) is 0 Å². The van der Waals surface area contributed by atoms with Crippen LogP contribution >= 0.6 is 22.9 Å². The van der Waals surface area contributed by atoms with E-state index in [9.17, 15) is 0 Å². The van der Waals surface area contributed by atoms with Crippen LogP contribution in [0.5, 0.6) is 0 Å². The van der Waals surface area contributed by atoms with E-state index < -0.39 is 0 Å². The summed E-state index contributed by atoms with van der Waals surface area (Å²) >= 11 is 7.46. The average Bonchev–Trinajstić information content (AvgIpc) is 3.22. The first kappa shape index (κ1) is 14.1.